The van der Waals surface area contributed by atoms with Gasteiger partial charge in [0.2, 0.25) is 0 Å². The van der Waals surface area contributed by atoms with E-state index >= 15 is 0 Å². The van der Waals surface area contributed by atoms with Gasteiger partial charge >= 0.3 is 5.97 Å². The van der Waals surface area contributed by atoms with Gasteiger partial charge in [0, 0.05) is 24.2 Å². The van der Waals surface area contributed by atoms with Crippen molar-refractivity contribution in [2.45, 2.75) is 96.1 Å². The molecule has 2 atom stereocenters. The number of unbranched alkanes of at least 4 members (excludes halogenated alkanes) is 8. The number of esters is 1. The molecular formula is C25H37N3O4. The smallest absolute Gasteiger partial charge is 0.306 e. The Labute approximate surface area is 193 Å². The third-order valence-electron chi connectivity index (χ3n) is 4.72. The summed E-state index contributed by atoms with van der Waals surface area (Å²) in [5.74, 6) is 12.4. The first-order chi connectivity index (χ1) is 15.7. The summed E-state index contributed by atoms with van der Waals surface area (Å²) < 4.78 is 11.0. The maximum atomic E-state index is 12.2. The van der Waals surface area contributed by atoms with Crippen molar-refractivity contribution in [3.63, 3.8) is 0 Å². The van der Waals surface area contributed by atoms with E-state index in [-0.39, 0.29) is 25.8 Å². The van der Waals surface area contributed by atoms with Crippen LogP contribution in [0.25, 0.3) is 10.4 Å². The highest BCUT2D eigenvalue weighted by Gasteiger charge is 2.14. The molecule has 0 aromatic carbocycles. The number of terminal acetylenes is 1. The number of ether oxygens (including phenoxy) is 2. The Hall–Kier alpha value is -2.62. The molecule has 0 radical (unpaired) electrons. The molecule has 7 nitrogen and oxygen atoms in total. The molecule has 0 aliphatic carbocycles. The minimum atomic E-state index is -0.633. The second kappa shape index (κ2) is 23.1. The van der Waals surface area contributed by atoms with E-state index in [0.717, 1.165) is 19.3 Å². The maximum Gasteiger partial charge on any atom is 0.306 e. The zero-order valence-corrected chi connectivity index (χ0v) is 19.4. The Morgan fingerprint density at radius 2 is 1.78 bits per heavy atom. The number of hydrogen-bond donors (Lipinski definition) is 1. The van der Waals surface area contributed by atoms with Crippen molar-refractivity contribution in [2.24, 2.45) is 5.11 Å². The van der Waals surface area contributed by atoms with Crippen LogP contribution in [0.3, 0.4) is 0 Å². The zero-order chi connectivity index (χ0) is 23.7. The van der Waals surface area contributed by atoms with Crippen LogP contribution in [0.2, 0.25) is 0 Å². The Bertz CT molecular complexity index is 703. The largest absolute Gasteiger partial charge is 0.461 e. The molecule has 1 N–H and O–H groups in total. The van der Waals surface area contributed by atoms with E-state index in [4.69, 9.17) is 26.5 Å². The molecule has 0 amide bonds. The van der Waals surface area contributed by atoms with Gasteiger partial charge in [0.05, 0.1) is 25.9 Å². The summed E-state index contributed by atoms with van der Waals surface area (Å²) >= 11 is 0. The summed E-state index contributed by atoms with van der Waals surface area (Å²) in [6.07, 6.45) is 16.5. The summed E-state index contributed by atoms with van der Waals surface area (Å²) in [6.45, 7) is 2.31. The monoisotopic (exact) mass is 443 g/mol. The van der Waals surface area contributed by atoms with Gasteiger partial charge < -0.3 is 14.6 Å². The summed E-state index contributed by atoms with van der Waals surface area (Å²) in [5.41, 5.74) is 8.43. The lowest BCUT2D eigenvalue weighted by molar-refractivity contribution is -0.149. The van der Waals surface area contributed by atoms with Crippen molar-refractivity contribution in [1.82, 2.24) is 0 Å². The van der Waals surface area contributed by atoms with E-state index < -0.39 is 12.1 Å². The third-order valence-corrected chi connectivity index (χ3v) is 4.72. The highest BCUT2D eigenvalue weighted by molar-refractivity contribution is 5.69. The third kappa shape index (κ3) is 19.3. The van der Waals surface area contributed by atoms with Crippen LogP contribution in [-0.4, -0.2) is 43.0 Å². The van der Waals surface area contributed by atoms with Gasteiger partial charge in [-0.2, -0.15) is 0 Å². The number of hydrogen-bond acceptors (Lipinski definition) is 5. The van der Waals surface area contributed by atoms with Crippen LogP contribution in [0, 0.1) is 36.0 Å². The molecule has 0 rings (SSSR count). The zero-order valence-electron chi connectivity index (χ0n) is 19.4. The number of rotatable bonds is 19. The highest BCUT2D eigenvalue weighted by atomic mass is 16.5. The number of nitrogens with zero attached hydrogens (tertiary/aromatic N) is 3. The van der Waals surface area contributed by atoms with Crippen LogP contribution in [-0.2, 0) is 14.3 Å². The number of aliphatic hydroxyl groups excluding tert-OH is 1. The van der Waals surface area contributed by atoms with Crippen molar-refractivity contribution in [1.29, 1.82) is 0 Å². The molecule has 0 heterocycles. The van der Waals surface area contributed by atoms with Gasteiger partial charge in [0.1, 0.15) is 6.10 Å². The van der Waals surface area contributed by atoms with Crippen LogP contribution in [0.4, 0.5) is 0 Å². The average molecular weight is 444 g/mol. The average Bonchev–Trinajstić information content (AvgIpc) is 2.79. The molecule has 0 aliphatic heterocycles. The second-order valence-electron chi connectivity index (χ2n) is 7.50. The molecule has 0 aromatic rings. The minimum Gasteiger partial charge on any atom is -0.461 e. The van der Waals surface area contributed by atoms with E-state index in [2.05, 4.69) is 46.6 Å². The van der Waals surface area contributed by atoms with Crippen molar-refractivity contribution in [3.05, 3.63) is 10.4 Å². The van der Waals surface area contributed by atoms with Gasteiger partial charge in [-0.05, 0) is 35.6 Å². The number of azide groups is 1. The predicted octanol–water partition coefficient (Wildman–Crippen LogP) is 4.93. The lowest BCUT2D eigenvalue weighted by Gasteiger charge is -2.16. The van der Waals surface area contributed by atoms with Crippen LogP contribution >= 0.6 is 0 Å². The van der Waals surface area contributed by atoms with Crippen molar-refractivity contribution < 1.29 is 19.4 Å². The van der Waals surface area contributed by atoms with Gasteiger partial charge in [-0.3, -0.25) is 4.79 Å². The molecule has 0 saturated carbocycles. The molecule has 32 heavy (non-hydrogen) atoms. The first kappa shape index (κ1) is 29.4. The standard InChI is InChI=1S/C25H37N3O4/c1-3-5-7-9-10-11-12-14-16-18-25(30)32-24(17-15-13-8-6-4-2)19-20-31-22-23(21-29)27-28-26/h2,23-24,29H,3,5,7,9-12,14,16-22H2,1H3/t23-,24+/m0/s1. The normalized spacial score (nSPS) is 11.5. The second-order valence-corrected chi connectivity index (χ2v) is 7.50. The van der Waals surface area contributed by atoms with Crippen LogP contribution in [0.5, 0.6) is 0 Å². The SMILES string of the molecule is C#CC#CC#CC[C@H](CCOC[C@H](CO)N=[N+]=[N-])OC(=O)CCCCCCCCCCC. The molecule has 0 fully saturated rings. The molecule has 7 heteroatoms. The number of carbonyl (C=O) groups excluding carboxylic acids is 1. The quantitative estimate of drug-likeness (QED) is 0.0763. The first-order valence-electron chi connectivity index (χ1n) is 11.5. The van der Waals surface area contributed by atoms with E-state index in [1.807, 2.05) is 0 Å². The van der Waals surface area contributed by atoms with E-state index in [0.29, 0.717) is 19.3 Å². The molecule has 0 aliphatic rings. The Morgan fingerprint density at radius 3 is 2.41 bits per heavy atom. The molecule has 0 saturated heterocycles. The van der Waals surface area contributed by atoms with Gasteiger partial charge in [0.25, 0.3) is 0 Å². The molecule has 0 bridgehead atoms. The summed E-state index contributed by atoms with van der Waals surface area (Å²) in [4.78, 5) is 14.9. The van der Waals surface area contributed by atoms with Crippen LogP contribution < -0.4 is 0 Å². The van der Waals surface area contributed by atoms with E-state index in [1.54, 1.807) is 0 Å². The number of aliphatic hydroxyl groups is 1. The topological polar surface area (TPSA) is 105 Å². The maximum absolute atomic E-state index is 12.2. The van der Waals surface area contributed by atoms with Crippen molar-refractivity contribution in [2.75, 3.05) is 19.8 Å². The Balaban J connectivity index is 4.28. The molecule has 0 aromatic heterocycles. The fourth-order valence-corrected chi connectivity index (χ4v) is 2.93. The molecule has 0 spiro atoms. The molecule has 176 valence electrons. The first-order valence-corrected chi connectivity index (χ1v) is 11.5. The van der Waals surface area contributed by atoms with E-state index in [9.17, 15) is 4.79 Å². The predicted molar refractivity (Wildman–Crippen MR) is 126 cm³/mol. The van der Waals surface area contributed by atoms with E-state index in [1.165, 1.54) is 38.5 Å². The van der Waals surface area contributed by atoms with Crippen LogP contribution in [0.1, 0.15) is 84.0 Å². The fraction of sp³-hybridized carbons (Fsp3) is 0.720. The lowest BCUT2D eigenvalue weighted by atomic mass is 10.1. The van der Waals surface area contributed by atoms with Crippen molar-refractivity contribution >= 4 is 5.97 Å². The van der Waals surface area contributed by atoms with Gasteiger partial charge in [-0.15, -0.1) is 6.42 Å². The Kier molecular flexibility index (Phi) is 21.2. The number of carbonyl (C=O) groups is 1. The van der Waals surface area contributed by atoms with Gasteiger partial charge in [0.15, 0.2) is 0 Å². The fourth-order valence-electron chi connectivity index (χ4n) is 2.93. The Morgan fingerprint density at radius 1 is 1.09 bits per heavy atom. The lowest BCUT2D eigenvalue weighted by Crippen LogP contribution is -2.22. The van der Waals surface area contributed by atoms with Gasteiger partial charge in [-0.25, -0.2) is 0 Å². The highest BCUT2D eigenvalue weighted by Crippen LogP contribution is 2.12. The molecular weight excluding hydrogens is 406 g/mol. The minimum absolute atomic E-state index is 0.0962. The molecule has 0 unspecified atom stereocenters. The summed E-state index contributed by atoms with van der Waals surface area (Å²) in [7, 11) is 0. The summed E-state index contributed by atoms with van der Waals surface area (Å²) in [5, 5.41) is 12.5. The summed E-state index contributed by atoms with van der Waals surface area (Å²) in [6, 6.07) is -0.633. The van der Waals surface area contributed by atoms with Crippen LogP contribution in [0.15, 0.2) is 5.11 Å². The van der Waals surface area contributed by atoms with Gasteiger partial charge in [-0.1, -0.05) is 69.3 Å². The van der Waals surface area contributed by atoms with Crippen molar-refractivity contribution in [3.8, 4) is 36.0 Å².